The van der Waals surface area contributed by atoms with Gasteiger partial charge in [0.1, 0.15) is 5.69 Å². The van der Waals surface area contributed by atoms with Crippen molar-refractivity contribution in [3.63, 3.8) is 0 Å². The molecule has 0 unspecified atom stereocenters. The topological polar surface area (TPSA) is 86.3 Å². The third-order valence-corrected chi connectivity index (χ3v) is 2.74. The monoisotopic (exact) mass is 223 g/mol. The van der Waals surface area contributed by atoms with Crippen molar-refractivity contribution in [2.75, 3.05) is 13.2 Å². The number of aliphatic hydroxyl groups excluding tert-OH is 1. The van der Waals surface area contributed by atoms with Gasteiger partial charge in [-0.25, -0.2) is 4.98 Å². The van der Waals surface area contributed by atoms with Gasteiger partial charge in [-0.3, -0.25) is 9.59 Å². The Bertz CT molecular complexity index is 423. The van der Waals surface area contributed by atoms with Crippen LogP contribution in [0.3, 0.4) is 0 Å². The third-order valence-electron chi connectivity index (χ3n) is 2.74. The normalized spacial score (nSPS) is 20.1. The van der Waals surface area contributed by atoms with Crippen molar-refractivity contribution in [3.8, 4) is 0 Å². The lowest BCUT2D eigenvalue weighted by Crippen LogP contribution is -2.38. The van der Waals surface area contributed by atoms with E-state index in [0.29, 0.717) is 6.54 Å². The molecule has 0 aliphatic carbocycles. The maximum absolute atomic E-state index is 12.0. The molecular weight excluding hydrogens is 210 g/mol. The summed E-state index contributed by atoms with van der Waals surface area (Å²) in [5.41, 5.74) is -0.128. The Kier molecular flexibility index (Phi) is 3.00. The molecule has 6 nitrogen and oxygen atoms in total. The number of H-pyrrole nitrogens is 1. The average Bonchev–Trinajstić information content (AvgIpc) is 2.77. The second-order valence-electron chi connectivity index (χ2n) is 3.77. The number of hydrogen-bond acceptors (Lipinski definition) is 4. The Labute approximate surface area is 91.9 Å². The van der Waals surface area contributed by atoms with E-state index in [1.165, 1.54) is 6.20 Å². The largest absolute Gasteiger partial charge is 0.394 e. The van der Waals surface area contributed by atoms with E-state index >= 15 is 0 Å². The van der Waals surface area contributed by atoms with E-state index in [9.17, 15) is 9.59 Å². The zero-order chi connectivity index (χ0) is 11.5. The molecule has 16 heavy (non-hydrogen) atoms. The molecule has 1 fully saturated rings. The van der Waals surface area contributed by atoms with Crippen LogP contribution in [0.1, 0.15) is 23.3 Å². The number of aromatic amines is 1. The molecule has 6 heteroatoms. The van der Waals surface area contributed by atoms with Crippen LogP contribution in [0.2, 0.25) is 0 Å². The van der Waals surface area contributed by atoms with Gasteiger partial charge in [0.25, 0.3) is 11.5 Å². The molecule has 1 amide bonds. The van der Waals surface area contributed by atoms with Gasteiger partial charge in [-0.1, -0.05) is 0 Å². The molecule has 2 N–H and O–H groups in total. The molecule has 1 saturated heterocycles. The maximum atomic E-state index is 12.0. The van der Waals surface area contributed by atoms with Crippen LogP contribution in [0.25, 0.3) is 0 Å². The van der Waals surface area contributed by atoms with Crippen LogP contribution in [0.15, 0.2) is 17.2 Å². The highest BCUT2D eigenvalue weighted by Gasteiger charge is 2.29. The van der Waals surface area contributed by atoms with Crippen LogP contribution in [-0.4, -0.2) is 45.1 Å². The summed E-state index contributed by atoms with van der Waals surface area (Å²) in [6.45, 7) is 0.597. The predicted octanol–water partition coefficient (Wildman–Crippen LogP) is -0.633. The molecule has 1 aliphatic rings. The highest BCUT2D eigenvalue weighted by molar-refractivity contribution is 5.92. The number of likely N-dealkylation sites (tertiary alicyclic amines) is 1. The highest BCUT2D eigenvalue weighted by atomic mass is 16.3. The number of nitrogens with zero attached hydrogens (tertiary/aromatic N) is 2. The van der Waals surface area contributed by atoms with E-state index in [1.54, 1.807) is 4.90 Å². The van der Waals surface area contributed by atoms with Gasteiger partial charge in [0.05, 0.1) is 18.8 Å². The minimum absolute atomic E-state index is 0.0326. The fourth-order valence-corrected chi connectivity index (χ4v) is 1.90. The Morgan fingerprint density at radius 3 is 3.12 bits per heavy atom. The van der Waals surface area contributed by atoms with Gasteiger partial charge in [0, 0.05) is 12.7 Å². The van der Waals surface area contributed by atoms with Crippen LogP contribution in [0, 0.1) is 0 Å². The molecule has 86 valence electrons. The summed E-state index contributed by atoms with van der Waals surface area (Å²) in [4.78, 5) is 30.5. The van der Waals surface area contributed by atoms with Crippen LogP contribution in [0.4, 0.5) is 0 Å². The molecule has 1 atom stereocenters. The van der Waals surface area contributed by atoms with Crippen LogP contribution in [-0.2, 0) is 0 Å². The Morgan fingerprint density at radius 1 is 1.69 bits per heavy atom. The lowest BCUT2D eigenvalue weighted by atomic mass is 10.2. The van der Waals surface area contributed by atoms with E-state index in [2.05, 4.69) is 9.97 Å². The van der Waals surface area contributed by atoms with Gasteiger partial charge >= 0.3 is 0 Å². The van der Waals surface area contributed by atoms with Crippen molar-refractivity contribution < 1.29 is 9.90 Å². The van der Waals surface area contributed by atoms with E-state index in [0.717, 1.165) is 19.0 Å². The number of rotatable bonds is 2. The molecule has 0 radical (unpaired) electrons. The quantitative estimate of drug-likeness (QED) is 0.698. The molecule has 0 saturated carbocycles. The first kappa shape index (κ1) is 10.8. The highest BCUT2D eigenvalue weighted by Crippen LogP contribution is 2.18. The summed E-state index contributed by atoms with van der Waals surface area (Å²) in [6.07, 6.45) is 4.08. The van der Waals surface area contributed by atoms with Crippen molar-refractivity contribution in [2.24, 2.45) is 0 Å². The van der Waals surface area contributed by atoms with E-state index in [-0.39, 0.29) is 29.8 Å². The maximum Gasteiger partial charge on any atom is 0.274 e. The number of hydrogen-bond donors (Lipinski definition) is 2. The van der Waals surface area contributed by atoms with Crippen molar-refractivity contribution in [2.45, 2.75) is 18.9 Å². The minimum atomic E-state index is -0.336. The predicted molar refractivity (Wildman–Crippen MR) is 56.0 cm³/mol. The van der Waals surface area contributed by atoms with Crippen molar-refractivity contribution in [3.05, 3.63) is 28.4 Å². The molecule has 1 aliphatic heterocycles. The molecule has 0 aromatic carbocycles. The molecule has 0 bridgehead atoms. The first-order chi connectivity index (χ1) is 7.72. The second kappa shape index (κ2) is 4.44. The lowest BCUT2D eigenvalue weighted by Gasteiger charge is -2.22. The third kappa shape index (κ3) is 1.96. The standard InChI is InChI=1S/C10H13N3O3/c14-6-7-2-1-3-13(7)10(16)8-4-12-9(15)5-11-8/h4-5,7,14H,1-3,6H2,(H,12,15)/t7-/m1/s1. The zero-order valence-corrected chi connectivity index (χ0v) is 8.72. The van der Waals surface area contributed by atoms with Crippen LogP contribution < -0.4 is 5.56 Å². The van der Waals surface area contributed by atoms with Gasteiger partial charge in [0.15, 0.2) is 0 Å². The Hall–Kier alpha value is -1.69. The summed E-state index contributed by atoms with van der Waals surface area (Å²) in [5.74, 6) is -0.243. The molecule has 1 aromatic rings. The van der Waals surface area contributed by atoms with Gasteiger partial charge in [-0.2, -0.15) is 0 Å². The molecule has 1 aromatic heterocycles. The molecule has 2 rings (SSSR count). The number of aliphatic hydroxyl groups is 1. The lowest BCUT2D eigenvalue weighted by molar-refractivity contribution is 0.0671. The van der Waals surface area contributed by atoms with E-state index in [1.807, 2.05) is 0 Å². The van der Waals surface area contributed by atoms with Crippen molar-refractivity contribution >= 4 is 5.91 Å². The first-order valence-electron chi connectivity index (χ1n) is 5.19. The van der Waals surface area contributed by atoms with Gasteiger partial charge in [0.2, 0.25) is 0 Å². The first-order valence-corrected chi connectivity index (χ1v) is 5.19. The number of carbonyl (C=O) groups is 1. The number of carbonyl (C=O) groups excluding carboxylic acids is 1. The van der Waals surface area contributed by atoms with Crippen molar-refractivity contribution in [1.29, 1.82) is 0 Å². The van der Waals surface area contributed by atoms with Gasteiger partial charge in [-0.05, 0) is 12.8 Å². The van der Waals surface area contributed by atoms with E-state index < -0.39 is 0 Å². The Morgan fingerprint density at radius 2 is 2.50 bits per heavy atom. The molecule has 0 spiro atoms. The fraction of sp³-hybridized carbons (Fsp3) is 0.500. The average molecular weight is 223 g/mol. The number of aromatic nitrogens is 2. The van der Waals surface area contributed by atoms with Gasteiger partial charge < -0.3 is 15.0 Å². The molecular formula is C10H13N3O3. The minimum Gasteiger partial charge on any atom is -0.394 e. The summed E-state index contributed by atoms with van der Waals surface area (Å²) in [5, 5.41) is 9.10. The fourth-order valence-electron chi connectivity index (χ4n) is 1.90. The summed E-state index contributed by atoms with van der Waals surface area (Å²) >= 11 is 0. The van der Waals surface area contributed by atoms with E-state index in [4.69, 9.17) is 5.11 Å². The smallest absolute Gasteiger partial charge is 0.274 e. The summed E-state index contributed by atoms with van der Waals surface area (Å²) in [6, 6.07) is -0.124. The SMILES string of the molecule is O=C(c1c[nH]c(=O)cn1)N1CCC[C@@H]1CO. The van der Waals surface area contributed by atoms with Crippen LogP contribution >= 0.6 is 0 Å². The number of nitrogens with one attached hydrogen (secondary N) is 1. The second-order valence-corrected chi connectivity index (χ2v) is 3.77. The summed E-state index contributed by atoms with van der Waals surface area (Å²) in [7, 11) is 0. The summed E-state index contributed by atoms with van der Waals surface area (Å²) < 4.78 is 0. The zero-order valence-electron chi connectivity index (χ0n) is 8.72. The van der Waals surface area contributed by atoms with Crippen LogP contribution in [0.5, 0.6) is 0 Å². The Balaban J connectivity index is 2.18. The van der Waals surface area contributed by atoms with Crippen molar-refractivity contribution in [1.82, 2.24) is 14.9 Å². The number of amides is 1. The molecule has 2 heterocycles. The van der Waals surface area contributed by atoms with Gasteiger partial charge in [-0.15, -0.1) is 0 Å².